The SMILES string of the molecule is CCC[C@@H](C)NC(=O)[C@H]1CCCN(C(=O)c2c(F)cccc2F)C1. The molecule has 0 aliphatic carbocycles. The molecule has 2 atom stereocenters. The van der Waals surface area contributed by atoms with Gasteiger partial charge in [0.05, 0.1) is 5.92 Å². The van der Waals surface area contributed by atoms with E-state index in [0.717, 1.165) is 25.0 Å². The standard InChI is InChI=1S/C18H24F2N2O2/c1-3-6-12(2)21-17(23)13-7-5-10-22(11-13)18(24)16-14(19)8-4-9-15(16)20/h4,8-9,12-13H,3,5-7,10-11H2,1-2H3,(H,21,23)/t12-,13+/m1/s1. The topological polar surface area (TPSA) is 49.4 Å². The van der Waals surface area contributed by atoms with Crippen LogP contribution in [0.3, 0.4) is 0 Å². The van der Waals surface area contributed by atoms with Gasteiger partial charge in [0, 0.05) is 19.1 Å². The van der Waals surface area contributed by atoms with E-state index in [1.807, 2.05) is 13.8 Å². The van der Waals surface area contributed by atoms with Gasteiger partial charge in [0.15, 0.2) is 0 Å². The molecule has 2 rings (SSSR count). The summed E-state index contributed by atoms with van der Waals surface area (Å²) < 4.78 is 27.6. The summed E-state index contributed by atoms with van der Waals surface area (Å²) in [5, 5.41) is 2.95. The summed E-state index contributed by atoms with van der Waals surface area (Å²) in [6.07, 6.45) is 3.18. The van der Waals surface area contributed by atoms with Crippen LogP contribution in [0.25, 0.3) is 0 Å². The normalized spacial score (nSPS) is 19.0. The third-order valence-electron chi connectivity index (χ3n) is 4.37. The minimum absolute atomic E-state index is 0.0811. The van der Waals surface area contributed by atoms with Crippen molar-refractivity contribution in [3.63, 3.8) is 0 Å². The van der Waals surface area contributed by atoms with Crippen molar-refractivity contribution in [3.05, 3.63) is 35.4 Å². The van der Waals surface area contributed by atoms with Gasteiger partial charge in [-0.05, 0) is 38.3 Å². The summed E-state index contributed by atoms with van der Waals surface area (Å²) in [5.41, 5.74) is -0.544. The number of piperidine rings is 1. The zero-order valence-corrected chi connectivity index (χ0v) is 14.1. The van der Waals surface area contributed by atoms with Crippen LogP contribution in [0.4, 0.5) is 8.78 Å². The lowest BCUT2D eigenvalue weighted by Crippen LogP contribution is -2.47. The molecule has 1 heterocycles. The van der Waals surface area contributed by atoms with Crippen molar-refractivity contribution < 1.29 is 18.4 Å². The van der Waals surface area contributed by atoms with E-state index in [9.17, 15) is 18.4 Å². The zero-order valence-electron chi connectivity index (χ0n) is 14.1. The van der Waals surface area contributed by atoms with Crippen molar-refractivity contribution in [2.75, 3.05) is 13.1 Å². The fraction of sp³-hybridized carbons (Fsp3) is 0.556. The molecule has 1 fully saturated rings. The molecule has 0 radical (unpaired) electrons. The van der Waals surface area contributed by atoms with E-state index < -0.39 is 23.1 Å². The minimum atomic E-state index is -0.872. The maximum atomic E-state index is 13.8. The number of hydrogen-bond acceptors (Lipinski definition) is 2. The number of nitrogens with one attached hydrogen (secondary N) is 1. The van der Waals surface area contributed by atoms with Crippen molar-refractivity contribution in [2.24, 2.45) is 5.92 Å². The first kappa shape index (κ1) is 18.4. The van der Waals surface area contributed by atoms with Crippen molar-refractivity contribution >= 4 is 11.8 Å². The summed E-state index contributed by atoms with van der Waals surface area (Å²) in [6, 6.07) is 3.44. The van der Waals surface area contributed by atoms with E-state index in [4.69, 9.17) is 0 Å². The molecule has 24 heavy (non-hydrogen) atoms. The van der Waals surface area contributed by atoms with Crippen LogP contribution in [0, 0.1) is 17.6 Å². The largest absolute Gasteiger partial charge is 0.353 e. The molecule has 2 amide bonds. The second kappa shape index (κ2) is 8.22. The number of rotatable bonds is 5. The number of nitrogens with zero attached hydrogens (tertiary/aromatic N) is 1. The van der Waals surface area contributed by atoms with Gasteiger partial charge in [-0.25, -0.2) is 8.78 Å². The van der Waals surface area contributed by atoms with Gasteiger partial charge in [-0.15, -0.1) is 0 Å². The Morgan fingerprint density at radius 1 is 1.33 bits per heavy atom. The van der Waals surface area contributed by atoms with Crippen LogP contribution in [0.2, 0.25) is 0 Å². The number of amides is 2. The molecule has 6 heteroatoms. The first-order valence-corrected chi connectivity index (χ1v) is 8.47. The second-order valence-corrected chi connectivity index (χ2v) is 6.39. The van der Waals surface area contributed by atoms with Crippen molar-refractivity contribution in [3.8, 4) is 0 Å². The molecule has 0 spiro atoms. The molecule has 1 N–H and O–H groups in total. The number of likely N-dealkylation sites (tertiary alicyclic amines) is 1. The van der Waals surface area contributed by atoms with Gasteiger partial charge in [0.2, 0.25) is 5.91 Å². The van der Waals surface area contributed by atoms with Gasteiger partial charge in [0.1, 0.15) is 17.2 Å². The number of carbonyl (C=O) groups excluding carboxylic acids is 2. The number of benzene rings is 1. The van der Waals surface area contributed by atoms with Gasteiger partial charge in [0.25, 0.3) is 5.91 Å². The lowest BCUT2D eigenvalue weighted by molar-refractivity contribution is -0.127. The van der Waals surface area contributed by atoms with E-state index in [2.05, 4.69) is 5.32 Å². The third-order valence-corrected chi connectivity index (χ3v) is 4.37. The molecule has 0 saturated carbocycles. The predicted molar refractivity (Wildman–Crippen MR) is 87.5 cm³/mol. The van der Waals surface area contributed by atoms with E-state index in [0.29, 0.717) is 19.4 Å². The summed E-state index contributed by atoms with van der Waals surface area (Å²) in [7, 11) is 0. The first-order chi connectivity index (χ1) is 11.4. The third kappa shape index (κ3) is 4.30. The average molecular weight is 338 g/mol. The lowest BCUT2D eigenvalue weighted by atomic mass is 9.96. The van der Waals surface area contributed by atoms with Crippen molar-refractivity contribution in [1.29, 1.82) is 0 Å². The molecule has 1 aromatic rings. The molecule has 1 aliphatic rings. The molecular weight excluding hydrogens is 314 g/mol. The molecule has 1 aromatic carbocycles. The Morgan fingerprint density at radius 3 is 2.62 bits per heavy atom. The first-order valence-electron chi connectivity index (χ1n) is 8.47. The minimum Gasteiger partial charge on any atom is -0.353 e. The molecule has 0 aromatic heterocycles. The van der Waals surface area contributed by atoms with Crippen LogP contribution < -0.4 is 5.32 Å². The van der Waals surface area contributed by atoms with Gasteiger partial charge < -0.3 is 10.2 Å². The van der Waals surface area contributed by atoms with Gasteiger partial charge in [-0.1, -0.05) is 19.4 Å². The molecule has 4 nitrogen and oxygen atoms in total. The Bertz CT molecular complexity index is 586. The number of carbonyl (C=O) groups is 2. The van der Waals surface area contributed by atoms with E-state index >= 15 is 0 Å². The Labute approximate surface area is 141 Å². The lowest BCUT2D eigenvalue weighted by Gasteiger charge is -2.32. The second-order valence-electron chi connectivity index (χ2n) is 6.39. The van der Waals surface area contributed by atoms with Crippen molar-refractivity contribution in [2.45, 2.75) is 45.6 Å². The Morgan fingerprint density at radius 2 is 2.00 bits per heavy atom. The molecular formula is C18H24F2N2O2. The highest BCUT2D eigenvalue weighted by atomic mass is 19.1. The van der Waals surface area contributed by atoms with Crippen LogP contribution in [0.15, 0.2) is 18.2 Å². The highest BCUT2D eigenvalue weighted by Crippen LogP contribution is 2.21. The molecule has 0 unspecified atom stereocenters. The Kier molecular flexibility index (Phi) is 6.29. The number of hydrogen-bond donors (Lipinski definition) is 1. The predicted octanol–water partition coefficient (Wildman–Crippen LogP) is 3.12. The van der Waals surface area contributed by atoms with E-state index in [-0.39, 0.29) is 24.4 Å². The van der Waals surface area contributed by atoms with Crippen LogP contribution in [0.5, 0.6) is 0 Å². The monoisotopic (exact) mass is 338 g/mol. The Hall–Kier alpha value is -1.98. The average Bonchev–Trinajstić information content (AvgIpc) is 2.54. The highest BCUT2D eigenvalue weighted by molar-refractivity contribution is 5.95. The molecule has 132 valence electrons. The summed E-state index contributed by atoms with van der Waals surface area (Å²) in [4.78, 5) is 26.1. The fourth-order valence-electron chi connectivity index (χ4n) is 3.10. The van der Waals surface area contributed by atoms with Crippen LogP contribution in [-0.2, 0) is 4.79 Å². The van der Waals surface area contributed by atoms with Crippen LogP contribution in [0.1, 0.15) is 49.9 Å². The van der Waals surface area contributed by atoms with Crippen molar-refractivity contribution in [1.82, 2.24) is 10.2 Å². The summed E-state index contributed by atoms with van der Waals surface area (Å²) in [5.74, 6) is -2.87. The summed E-state index contributed by atoms with van der Waals surface area (Å²) in [6.45, 7) is 4.59. The highest BCUT2D eigenvalue weighted by Gasteiger charge is 2.31. The molecule has 0 bridgehead atoms. The quantitative estimate of drug-likeness (QED) is 0.897. The maximum absolute atomic E-state index is 13.8. The van der Waals surface area contributed by atoms with E-state index in [1.54, 1.807) is 0 Å². The smallest absolute Gasteiger partial charge is 0.259 e. The van der Waals surface area contributed by atoms with Gasteiger partial charge >= 0.3 is 0 Å². The van der Waals surface area contributed by atoms with Crippen LogP contribution in [-0.4, -0.2) is 35.8 Å². The Balaban J connectivity index is 2.05. The van der Waals surface area contributed by atoms with Gasteiger partial charge in [-0.2, -0.15) is 0 Å². The van der Waals surface area contributed by atoms with Crippen LogP contribution >= 0.6 is 0 Å². The maximum Gasteiger partial charge on any atom is 0.259 e. The van der Waals surface area contributed by atoms with E-state index in [1.165, 1.54) is 11.0 Å². The fourth-order valence-corrected chi connectivity index (χ4v) is 3.10. The van der Waals surface area contributed by atoms with Gasteiger partial charge in [-0.3, -0.25) is 9.59 Å². The number of halogens is 2. The molecule has 1 aliphatic heterocycles. The zero-order chi connectivity index (χ0) is 17.7. The molecule has 1 saturated heterocycles. The summed E-state index contributed by atoms with van der Waals surface area (Å²) >= 11 is 0.